The van der Waals surface area contributed by atoms with E-state index in [1.165, 1.54) is 112 Å². The third kappa shape index (κ3) is 28.2. The van der Waals surface area contributed by atoms with Crippen LogP contribution in [0.2, 0.25) is 0 Å². The smallest absolute Gasteiger partial charge is 0.261 e. The average Bonchev–Trinajstić information content (AvgIpc) is 1.56. The molecule has 6 N–H and O–H groups in total. The summed E-state index contributed by atoms with van der Waals surface area (Å²) in [5.74, 6) is -0.572. The quantitative estimate of drug-likeness (QED) is 0.0193. The first-order valence-corrected chi connectivity index (χ1v) is 47.1. The van der Waals surface area contributed by atoms with Crippen molar-refractivity contribution in [2.75, 3.05) is 24.6 Å². The third-order valence-electron chi connectivity index (χ3n) is 19.2. The molecule has 11 aromatic carbocycles. The van der Waals surface area contributed by atoms with Crippen molar-refractivity contribution in [1.82, 2.24) is 48.4 Å². The Morgan fingerprint density at radius 1 is 0.402 bits per heavy atom. The van der Waals surface area contributed by atoms with Crippen molar-refractivity contribution < 1.29 is 61.3 Å². The van der Waals surface area contributed by atoms with Crippen molar-refractivity contribution in [2.24, 2.45) is 10.7 Å². The lowest BCUT2D eigenvalue weighted by Crippen LogP contribution is -2.24. The number of carbonyl (C=O) groups excluding carboxylic acids is 4. The van der Waals surface area contributed by atoms with Gasteiger partial charge in [0.25, 0.3) is 10.0 Å². The molecule has 0 aliphatic carbocycles. The summed E-state index contributed by atoms with van der Waals surface area (Å²) in [6, 6.07) is 83.4. The molecule has 127 heavy (non-hydrogen) atoms. The zero-order valence-corrected chi connectivity index (χ0v) is 74.4. The number of hydrogen-bond donors (Lipinski definition) is 5. The highest BCUT2D eigenvalue weighted by atomic mass is 32.2. The molecule has 0 atom stereocenters. The minimum absolute atomic E-state index is 0.0631. The molecule has 0 unspecified atom stereocenters. The number of aryl methyl sites for hydroxylation is 1. The van der Waals surface area contributed by atoms with Gasteiger partial charge in [0.1, 0.15) is 0 Å². The number of nitrogens with one attached hydrogen (secondary N) is 4. The predicted molar refractivity (Wildman–Crippen MR) is 493 cm³/mol. The van der Waals surface area contributed by atoms with Crippen molar-refractivity contribution in [2.45, 2.75) is 91.3 Å². The van der Waals surface area contributed by atoms with Gasteiger partial charge in [0.05, 0.1) is 59.5 Å². The number of benzene rings is 11. The molecule has 0 bridgehead atoms. The van der Waals surface area contributed by atoms with E-state index in [2.05, 4.69) is 68.3 Å². The summed E-state index contributed by atoms with van der Waals surface area (Å²) in [6.45, 7) is 7.50. The minimum atomic E-state index is -3.79. The second kappa shape index (κ2) is 45.3. The lowest BCUT2D eigenvalue weighted by molar-refractivity contribution is 0.100. The van der Waals surface area contributed by atoms with Gasteiger partial charge < -0.3 is 10.6 Å². The number of anilines is 1. The van der Waals surface area contributed by atoms with Crippen molar-refractivity contribution in [3.8, 4) is 22.5 Å². The van der Waals surface area contributed by atoms with Crippen LogP contribution < -0.4 is 24.6 Å². The summed E-state index contributed by atoms with van der Waals surface area (Å²) in [5, 5.41) is 12.6. The number of rotatable bonds is 32. The molecule has 0 saturated heterocycles. The Morgan fingerprint density at radius 3 is 1.33 bits per heavy atom. The Morgan fingerprint density at radius 2 is 0.835 bits per heavy atom. The molecule has 14 rings (SSSR count). The van der Waals surface area contributed by atoms with Gasteiger partial charge in [-0.2, -0.15) is 15.3 Å². The topological polar surface area (TPSA) is 382 Å². The van der Waals surface area contributed by atoms with Gasteiger partial charge in [-0.15, -0.1) is 0 Å². The fourth-order valence-electron chi connectivity index (χ4n) is 12.5. The Labute approximate surface area is 740 Å². The van der Waals surface area contributed by atoms with Crippen LogP contribution in [0.4, 0.5) is 11.4 Å². The molecular weight excluding hydrogens is 1710 g/mol. The van der Waals surface area contributed by atoms with Gasteiger partial charge in [0.2, 0.25) is 30.1 Å². The lowest BCUT2D eigenvalue weighted by atomic mass is 9.99. The molecule has 0 saturated carbocycles. The molecule has 14 aromatic rings. The summed E-state index contributed by atoms with van der Waals surface area (Å²) < 4.78 is 141. The van der Waals surface area contributed by atoms with Crippen LogP contribution in [0.5, 0.6) is 0 Å². The van der Waals surface area contributed by atoms with Crippen molar-refractivity contribution >= 4 is 90.7 Å². The largest absolute Gasteiger partial charge is 0.405 e. The van der Waals surface area contributed by atoms with Gasteiger partial charge in [0, 0.05) is 91.8 Å². The highest BCUT2D eigenvalue weighted by molar-refractivity contribution is 7.93. The molecule has 654 valence electrons. The van der Waals surface area contributed by atoms with E-state index in [0.717, 1.165) is 56.9 Å². The second-order valence-electron chi connectivity index (χ2n) is 28.7. The number of nitrogens with two attached hydrogens (primary N) is 1. The zero-order chi connectivity index (χ0) is 91.2. The van der Waals surface area contributed by atoms with Crippen LogP contribution in [0.15, 0.2) is 370 Å². The van der Waals surface area contributed by atoms with Gasteiger partial charge in [-0.25, -0.2) is 65.6 Å². The summed E-state index contributed by atoms with van der Waals surface area (Å²) in [7, 11) is -14.2. The van der Waals surface area contributed by atoms with E-state index in [1.54, 1.807) is 130 Å². The van der Waals surface area contributed by atoms with Gasteiger partial charge in [0.15, 0.2) is 33.0 Å². The fraction of sp³-hybridized carbons (Fsp3) is 0.137. The van der Waals surface area contributed by atoms with E-state index < -0.39 is 49.9 Å². The van der Waals surface area contributed by atoms with E-state index in [1.807, 2.05) is 142 Å². The van der Waals surface area contributed by atoms with Crippen LogP contribution >= 0.6 is 0 Å². The van der Waals surface area contributed by atoms with E-state index in [0.29, 0.717) is 51.5 Å². The fourth-order valence-corrected chi connectivity index (χ4v) is 18.1. The van der Waals surface area contributed by atoms with Crippen LogP contribution in [0, 0.1) is 0 Å². The molecular formula is C95H95N13O14S5. The van der Waals surface area contributed by atoms with Crippen LogP contribution in [-0.2, 0) is 89.1 Å². The molecule has 3 aromatic heterocycles. The third-order valence-corrected chi connectivity index (χ3v) is 26.5. The van der Waals surface area contributed by atoms with Crippen molar-refractivity contribution in [1.29, 1.82) is 0 Å². The SMILES string of the molecule is CC(=O)c1ccc(S(=O)(=O)Nc2ccccc2N=CC=CN)cc1.CC(=O)c1cccc(S(=O)(=O)NCc2ccccc2-c2ccc(CN(C)C)cc2)c1.CC(=O)c1cccc(S(=O)(=O)NCc2ccccc2-n2cccn2)c1.CC(=O)c1cccc(S(=O)(=O)NCc2ccccc2Cn2cccn2)c1.O=S(=O)(CCc1ccccc1-n1cccn1)c1ccccc1. The summed E-state index contributed by atoms with van der Waals surface area (Å²) in [4.78, 5) is 52.7. The average molecular weight is 1800 g/mol. The first-order valence-electron chi connectivity index (χ1n) is 39.6. The first-order chi connectivity index (χ1) is 60.8. The van der Waals surface area contributed by atoms with Gasteiger partial charge in [-0.3, -0.25) is 33.6 Å². The van der Waals surface area contributed by atoms with E-state index >= 15 is 0 Å². The van der Waals surface area contributed by atoms with E-state index in [-0.39, 0.29) is 68.1 Å². The zero-order valence-electron chi connectivity index (χ0n) is 70.3. The summed E-state index contributed by atoms with van der Waals surface area (Å²) >= 11 is 0. The minimum Gasteiger partial charge on any atom is -0.405 e. The van der Waals surface area contributed by atoms with Gasteiger partial charge in [-0.1, -0.05) is 188 Å². The second-order valence-corrected chi connectivity index (χ2v) is 37.8. The van der Waals surface area contributed by atoms with Crippen LogP contribution in [0.3, 0.4) is 0 Å². The molecule has 32 heteroatoms. The van der Waals surface area contributed by atoms with E-state index in [4.69, 9.17) is 5.73 Å². The van der Waals surface area contributed by atoms with Crippen LogP contribution in [0.1, 0.15) is 103 Å². The number of aliphatic imine (C=N–C) groups is 1. The molecule has 3 heterocycles. The van der Waals surface area contributed by atoms with Crippen molar-refractivity contribution in [3.63, 3.8) is 0 Å². The molecule has 0 radical (unpaired) electrons. The maximum absolute atomic E-state index is 12.7. The van der Waals surface area contributed by atoms with Crippen LogP contribution in [-0.4, -0.2) is 126 Å². The lowest BCUT2D eigenvalue weighted by Gasteiger charge is -2.13. The molecule has 0 spiro atoms. The molecule has 0 fully saturated rings. The molecule has 27 nitrogen and oxygen atoms in total. The normalized spacial score (nSPS) is 11.6. The maximum Gasteiger partial charge on any atom is 0.261 e. The number of allylic oxidation sites excluding steroid dienone is 1. The van der Waals surface area contributed by atoms with Crippen LogP contribution in [0.25, 0.3) is 22.5 Å². The summed E-state index contributed by atoms with van der Waals surface area (Å²) in [5.41, 5.74) is 17.0. The maximum atomic E-state index is 12.7. The Hall–Kier alpha value is -13.7. The highest BCUT2D eigenvalue weighted by Crippen LogP contribution is 2.29. The number of Topliss-reactive ketones (excluding diaryl/α,β-unsaturated/α-hetero) is 4. The highest BCUT2D eigenvalue weighted by Gasteiger charge is 2.23. The number of para-hydroxylation sites is 4. The standard InChI is InChI=1S/C24H26N2O3S.C19H19N3O3S.C18H17N3O3S.C17H17N3O3S.C17H16N2O2S/c1-18(27)21-8-6-9-23(15-21)30(28,29)25-16-22-7-4-5-10-24(22)20-13-11-19(12-14-20)17-26(2)3;1-15(23)16-8-4-9-19(12-16)26(24,25)21-13-17-6-2-3-7-18(17)14-22-11-5-10-20-22;1-14(22)15-7-4-8-17(12-15)25(23,24)20-13-16-6-2-3-9-18(16)21-11-5-10-19-21;1-13(21)14-7-9-15(10-8-14)24(22,23)20-17-6-3-2-5-16(17)19-12-4-11-18;20-22(21,16-8-2-1-3-9-16)14-11-15-7-4-5-10-17(15)19-13-6-12-18-19/h4-15,25H,16-17H2,1-3H3;2-12,21H,13-14H2,1H3;2-12,20H,13H2,1H3;2-12,20H,18H2,1H3;1-10,12-13H,11,14H2. The molecule has 0 aliphatic heterocycles. The predicted octanol–water partition coefficient (Wildman–Crippen LogP) is 15.0. The number of carbonyl (C=O) groups is 4. The number of sulfone groups is 1. The molecule has 0 aliphatic rings. The van der Waals surface area contributed by atoms with Gasteiger partial charge in [-0.05, 0) is 208 Å². The monoisotopic (exact) mass is 1800 g/mol. The Kier molecular flexibility index (Phi) is 34.1. The number of aromatic nitrogens is 6. The van der Waals surface area contributed by atoms with Gasteiger partial charge >= 0.3 is 0 Å². The first kappa shape index (κ1) is 95.6. The van der Waals surface area contributed by atoms with Crippen molar-refractivity contribution in [3.05, 3.63) is 396 Å². The summed E-state index contributed by atoms with van der Waals surface area (Å²) in [6.07, 6.45) is 15.3. The van der Waals surface area contributed by atoms with E-state index in [9.17, 15) is 61.3 Å². The molecule has 0 amide bonds. The number of sulfonamides is 4. The number of ketones is 4. The number of nitrogens with zero attached hydrogens (tertiary/aromatic N) is 8. The Bertz CT molecular complexity index is 6760. The number of hydrogen-bond acceptors (Lipinski definition) is 20. The Balaban J connectivity index is 0.000000166.